The number of fused-ring (bicyclic) bond motifs is 1. The SMILES string of the molecule is CNc1ccc2c(c1)NC(=O)C(C)O2. The Morgan fingerprint density at radius 3 is 3.00 bits per heavy atom. The van der Waals surface area contributed by atoms with Crippen LogP contribution < -0.4 is 15.4 Å². The van der Waals surface area contributed by atoms with Gasteiger partial charge in [-0.1, -0.05) is 0 Å². The third-order valence-corrected chi connectivity index (χ3v) is 2.20. The summed E-state index contributed by atoms with van der Waals surface area (Å²) in [5.41, 5.74) is 1.67. The van der Waals surface area contributed by atoms with E-state index in [9.17, 15) is 4.79 Å². The van der Waals surface area contributed by atoms with Gasteiger partial charge in [0, 0.05) is 12.7 Å². The van der Waals surface area contributed by atoms with E-state index in [1.54, 1.807) is 6.92 Å². The van der Waals surface area contributed by atoms with Crippen LogP contribution >= 0.6 is 0 Å². The van der Waals surface area contributed by atoms with Crippen molar-refractivity contribution in [1.29, 1.82) is 0 Å². The number of rotatable bonds is 1. The molecule has 0 saturated carbocycles. The van der Waals surface area contributed by atoms with Crippen molar-refractivity contribution < 1.29 is 9.53 Å². The number of benzene rings is 1. The lowest BCUT2D eigenvalue weighted by Crippen LogP contribution is -2.34. The Hall–Kier alpha value is -1.71. The Bertz CT molecular complexity index is 376. The second-order valence-electron chi connectivity index (χ2n) is 3.21. The van der Waals surface area contributed by atoms with E-state index in [4.69, 9.17) is 4.74 Å². The average Bonchev–Trinajstić information content (AvgIpc) is 2.19. The summed E-state index contributed by atoms with van der Waals surface area (Å²) in [6, 6.07) is 5.60. The van der Waals surface area contributed by atoms with Crippen LogP contribution in [0.25, 0.3) is 0 Å². The van der Waals surface area contributed by atoms with E-state index in [2.05, 4.69) is 10.6 Å². The van der Waals surface area contributed by atoms with Crippen LogP contribution in [0.4, 0.5) is 11.4 Å². The maximum absolute atomic E-state index is 11.3. The molecule has 1 unspecified atom stereocenters. The Morgan fingerprint density at radius 1 is 1.50 bits per heavy atom. The van der Waals surface area contributed by atoms with Gasteiger partial charge in [0.05, 0.1) is 5.69 Å². The Labute approximate surface area is 82.3 Å². The van der Waals surface area contributed by atoms with Crippen molar-refractivity contribution in [2.45, 2.75) is 13.0 Å². The molecule has 1 heterocycles. The molecule has 0 spiro atoms. The van der Waals surface area contributed by atoms with E-state index in [1.165, 1.54) is 0 Å². The maximum atomic E-state index is 11.3. The third-order valence-electron chi connectivity index (χ3n) is 2.20. The number of ether oxygens (including phenoxy) is 1. The predicted molar refractivity (Wildman–Crippen MR) is 54.7 cm³/mol. The summed E-state index contributed by atoms with van der Waals surface area (Å²) < 4.78 is 5.40. The van der Waals surface area contributed by atoms with Gasteiger partial charge in [0.1, 0.15) is 5.75 Å². The third kappa shape index (κ3) is 1.39. The highest BCUT2D eigenvalue weighted by atomic mass is 16.5. The molecule has 2 rings (SSSR count). The summed E-state index contributed by atoms with van der Waals surface area (Å²) in [7, 11) is 1.83. The lowest BCUT2D eigenvalue weighted by molar-refractivity contribution is -0.122. The van der Waals surface area contributed by atoms with E-state index >= 15 is 0 Å². The van der Waals surface area contributed by atoms with Crippen molar-refractivity contribution in [3.05, 3.63) is 18.2 Å². The first-order valence-electron chi connectivity index (χ1n) is 4.50. The average molecular weight is 192 g/mol. The molecule has 1 atom stereocenters. The molecule has 0 aliphatic carbocycles. The first-order valence-corrected chi connectivity index (χ1v) is 4.50. The minimum absolute atomic E-state index is 0.106. The molecule has 0 fully saturated rings. The van der Waals surface area contributed by atoms with Gasteiger partial charge < -0.3 is 15.4 Å². The molecule has 4 nitrogen and oxygen atoms in total. The number of carbonyl (C=O) groups is 1. The fourth-order valence-corrected chi connectivity index (χ4v) is 1.36. The minimum atomic E-state index is -0.414. The molecular weight excluding hydrogens is 180 g/mol. The molecule has 4 heteroatoms. The fourth-order valence-electron chi connectivity index (χ4n) is 1.36. The molecule has 1 aliphatic rings. The highest BCUT2D eigenvalue weighted by molar-refractivity contribution is 5.98. The van der Waals surface area contributed by atoms with Gasteiger partial charge >= 0.3 is 0 Å². The maximum Gasteiger partial charge on any atom is 0.265 e. The van der Waals surface area contributed by atoms with E-state index < -0.39 is 6.10 Å². The van der Waals surface area contributed by atoms with Crippen LogP contribution in [0.1, 0.15) is 6.92 Å². The Balaban J connectivity index is 2.37. The molecule has 2 N–H and O–H groups in total. The van der Waals surface area contributed by atoms with Gasteiger partial charge in [0.2, 0.25) is 0 Å². The second kappa shape index (κ2) is 3.21. The standard InChI is InChI=1S/C10H12N2O2/c1-6-10(13)12-8-5-7(11-2)3-4-9(8)14-6/h3-6,11H,1-2H3,(H,12,13). The fraction of sp³-hybridized carbons (Fsp3) is 0.300. The molecule has 14 heavy (non-hydrogen) atoms. The zero-order chi connectivity index (χ0) is 10.1. The second-order valence-corrected chi connectivity index (χ2v) is 3.21. The first-order chi connectivity index (χ1) is 6.70. The van der Waals surface area contributed by atoms with E-state index in [1.807, 2.05) is 25.2 Å². The number of anilines is 2. The van der Waals surface area contributed by atoms with Crippen molar-refractivity contribution in [3.63, 3.8) is 0 Å². The molecule has 0 saturated heterocycles. The van der Waals surface area contributed by atoms with Crippen molar-refractivity contribution >= 4 is 17.3 Å². The summed E-state index contributed by atoms with van der Waals surface area (Å²) in [6.45, 7) is 1.73. The normalized spacial score (nSPS) is 19.3. The van der Waals surface area contributed by atoms with Crippen molar-refractivity contribution in [2.24, 2.45) is 0 Å². The van der Waals surface area contributed by atoms with Crippen LogP contribution in [0.3, 0.4) is 0 Å². The van der Waals surface area contributed by atoms with Gasteiger partial charge in [0.25, 0.3) is 5.91 Å². The predicted octanol–water partition coefficient (Wildman–Crippen LogP) is 1.45. The van der Waals surface area contributed by atoms with Gasteiger partial charge in [-0.3, -0.25) is 4.79 Å². The lowest BCUT2D eigenvalue weighted by Gasteiger charge is -2.23. The van der Waals surface area contributed by atoms with Crippen LogP contribution in [0.2, 0.25) is 0 Å². The molecule has 74 valence electrons. The summed E-state index contributed by atoms with van der Waals surface area (Å²) >= 11 is 0. The van der Waals surface area contributed by atoms with Gasteiger partial charge in [-0.25, -0.2) is 0 Å². The van der Waals surface area contributed by atoms with Crippen LogP contribution in [0, 0.1) is 0 Å². The number of amides is 1. The van der Waals surface area contributed by atoms with Crippen LogP contribution in [0.15, 0.2) is 18.2 Å². The van der Waals surface area contributed by atoms with Gasteiger partial charge in [0.15, 0.2) is 6.10 Å². The highest BCUT2D eigenvalue weighted by Crippen LogP contribution is 2.31. The molecule has 1 aromatic rings. The van der Waals surface area contributed by atoms with Gasteiger partial charge in [-0.15, -0.1) is 0 Å². The molecule has 1 aromatic carbocycles. The molecule has 0 radical (unpaired) electrons. The summed E-state index contributed by atoms with van der Waals surface area (Å²) in [5, 5.41) is 5.78. The zero-order valence-corrected chi connectivity index (χ0v) is 8.13. The van der Waals surface area contributed by atoms with Crippen molar-refractivity contribution in [2.75, 3.05) is 17.7 Å². The monoisotopic (exact) mass is 192 g/mol. The zero-order valence-electron chi connectivity index (χ0n) is 8.13. The number of hydrogen-bond acceptors (Lipinski definition) is 3. The van der Waals surface area contributed by atoms with E-state index in [-0.39, 0.29) is 5.91 Å². The first kappa shape index (κ1) is 8.87. The molecule has 1 aliphatic heterocycles. The number of nitrogens with one attached hydrogen (secondary N) is 2. The lowest BCUT2D eigenvalue weighted by atomic mass is 10.2. The summed E-state index contributed by atoms with van der Waals surface area (Å²) in [4.78, 5) is 11.3. The van der Waals surface area contributed by atoms with Gasteiger partial charge in [-0.2, -0.15) is 0 Å². The number of hydrogen-bond donors (Lipinski definition) is 2. The summed E-state index contributed by atoms with van der Waals surface area (Å²) in [6.07, 6.45) is -0.414. The molecule has 1 amide bonds. The van der Waals surface area contributed by atoms with Crippen LogP contribution in [-0.2, 0) is 4.79 Å². The molecule has 0 aromatic heterocycles. The smallest absolute Gasteiger partial charge is 0.265 e. The van der Waals surface area contributed by atoms with Crippen molar-refractivity contribution in [1.82, 2.24) is 0 Å². The topological polar surface area (TPSA) is 50.4 Å². The highest BCUT2D eigenvalue weighted by Gasteiger charge is 2.23. The van der Waals surface area contributed by atoms with Crippen LogP contribution in [0.5, 0.6) is 5.75 Å². The van der Waals surface area contributed by atoms with Crippen molar-refractivity contribution in [3.8, 4) is 5.75 Å². The van der Waals surface area contributed by atoms with Crippen LogP contribution in [-0.4, -0.2) is 19.1 Å². The van der Waals surface area contributed by atoms with Gasteiger partial charge in [-0.05, 0) is 25.1 Å². The Morgan fingerprint density at radius 2 is 2.29 bits per heavy atom. The largest absolute Gasteiger partial charge is 0.479 e. The number of carbonyl (C=O) groups excluding carboxylic acids is 1. The minimum Gasteiger partial charge on any atom is -0.479 e. The van der Waals surface area contributed by atoms with E-state index in [0.29, 0.717) is 0 Å². The summed E-state index contributed by atoms with van der Waals surface area (Å²) in [5.74, 6) is 0.613. The molecular formula is C10H12N2O2. The molecule has 0 bridgehead atoms. The Kier molecular flexibility index (Phi) is 2.04. The quantitative estimate of drug-likeness (QED) is 0.708. The van der Waals surface area contributed by atoms with E-state index in [0.717, 1.165) is 17.1 Å².